The number of hydrogen-bond donors (Lipinski definition) is 1. The minimum atomic E-state index is -0.0856. The first-order valence-electron chi connectivity index (χ1n) is 10.8. The van der Waals surface area contributed by atoms with Crippen molar-refractivity contribution in [3.63, 3.8) is 0 Å². The second-order valence-electron chi connectivity index (χ2n) is 7.90. The second-order valence-corrected chi connectivity index (χ2v) is 8.92. The maximum atomic E-state index is 13.0. The summed E-state index contributed by atoms with van der Waals surface area (Å²) in [6, 6.07) is 15.7. The minimum absolute atomic E-state index is 0.0856. The zero-order valence-electron chi connectivity index (χ0n) is 18.0. The summed E-state index contributed by atoms with van der Waals surface area (Å²) in [5.74, 6) is 2.32. The molecule has 162 valence electrons. The number of ether oxygens (including phenoxy) is 1. The number of rotatable bonds is 8. The molecule has 3 aromatic rings. The summed E-state index contributed by atoms with van der Waals surface area (Å²) in [6.07, 6.45) is 4.96. The highest BCUT2D eigenvalue weighted by Gasteiger charge is 2.19. The molecular formula is C25H28N2O3S. The first-order valence-corrected chi connectivity index (χ1v) is 11.8. The number of para-hydroxylation sites is 1. The average molecular weight is 437 g/mol. The summed E-state index contributed by atoms with van der Waals surface area (Å²) < 4.78 is 11.5. The minimum Gasteiger partial charge on any atom is -0.490 e. The number of carbonyl (C=O) groups is 1. The molecule has 6 heteroatoms. The molecule has 0 radical (unpaired) electrons. The zero-order chi connectivity index (χ0) is 21.6. The van der Waals surface area contributed by atoms with E-state index in [2.05, 4.69) is 10.5 Å². The normalized spacial score (nSPS) is 14.0. The molecule has 1 aliphatic carbocycles. The predicted octanol–water partition coefficient (Wildman–Crippen LogP) is 5.84. The summed E-state index contributed by atoms with van der Waals surface area (Å²) in [5, 5.41) is 7.09. The van der Waals surface area contributed by atoms with Crippen molar-refractivity contribution in [2.45, 2.75) is 62.8 Å². The zero-order valence-corrected chi connectivity index (χ0v) is 18.8. The van der Waals surface area contributed by atoms with Crippen molar-refractivity contribution >= 4 is 17.7 Å². The number of carbonyl (C=O) groups excluding carboxylic acids is 1. The number of nitrogens with zero attached hydrogens (tertiary/aromatic N) is 1. The van der Waals surface area contributed by atoms with E-state index in [1.54, 1.807) is 11.8 Å². The highest BCUT2D eigenvalue weighted by atomic mass is 32.2. The first-order chi connectivity index (χ1) is 15.1. The predicted molar refractivity (Wildman–Crippen MR) is 122 cm³/mol. The Morgan fingerprint density at radius 1 is 1.13 bits per heavy atom. The molecule has 1 N–H and O–H groups in total. The molecule has 31 heavy (non-hydrogen) atoms. The molecule has 0 bridgehead atoms. The van der Waals surface area contributed by atoms with Gasteiger partial charge in [0.15, 0.2) is 0 Å². The van der Waals surface area contributed by atoms with Gasteiger partial charge in [0.25, 0.3) is 5.91 Å². The molecule has 0 unspecified atom stereocenters. The molecule has 1 saturated carbocycles. The lowest BCUT2D eigenvalue weighted by Gasteiger charge is -2.17. The van der Waals surface area contributed by atoms with Crippen LogP contribution in [0.5, 0.6) is 5.75 Å². The van der Waals surface area contributed by atoms with Crippen molar-refractivity contribution in [1.82, 2.24) is 10.5 Å². The van der Waals surface area contributed by atoms with Crippen molar-refractivity contribution in [1.29, 1.82) is 0 Å². The Labute approximate surface area is 187 Å². The number of aryl methyl sites for hydroxylation is 2. The molecule has 5 nitrogen and oxygen atoms in total. The summed E-state index contributed by atoms with van der Waals surface area (Å²) in [4.78, 5) is 13.9. The Hall–Kier alpha value is -2.73. The Kier molecular flexibility index (Phi) is 6.97. The molecule has 2 aromatic carbocycles. The number of hydrogen-bond acceptors (Lipinski definition) is 5. The Morgan fingerprint density at radius 3 is 2.65 bits per heavy atom. The van der Waals surface area contributed by atoms with E-state index in [1.165, 1.54) is 12.8 Å². The number of nitrogens with one attached hydrogen (secondary N) is 1. The Morgan fingerprint density at radius 2 is 1.87 bits per heavy atom. The van der Waals surface area contributed by atoms with E-state index < -0.39 is 0 Å². The third kappa shape index (κ3) is 5.31. The van der Waals surface area contributed by atoms with Crippen LogP contribution in [0, 0.1) is 13.8 Å². The summed E-state index contributed by atoms with van der Waals surface area (Å²) in [5.41, 5.74) is 3.65. The van der Waals surface area contributed by atoms with Crippen molar-refractivity contribution in [3.8, 4) is 5.75 Å². The van der Waals surface area contributed by atoms with Gasteiger partial charge < -0.3 is 14.6 Å². The van der Waals surface area contributed by atoms with Crippen LogP contribution in [0.1, 0.15) is 58.6 Å². The van der Waals surface area contributed by atoms with Gasteiger partial charge in [-0.05, 0) is 57.7 Å². The Bertz CT molecular complexity index is 1020. The van der Waals surface area contributed by atoms with E-state index >= 15 is 0 Å². The summed E-state index contributed by atoms with van der Waals surface area (Å²) in [7, 11) is 0. The van der Waals surface area contributed by atoms with Gasteiger partial charge in [-0.2, -0.15) is 0 Å². The third-order valence-electron chi connectivity index (χ3n) is 5.69. The standard InChI is InChI=1S/C25H28N2O3S/c1-17-22(18(2)30-27-17)16-31-24-14-8-6-12-21(24)25(28)26-15-19-9-3-7-13-23(19)29-20-10-4-5-11-20/h3,6-9,12-14,20H,4-5,10-11,15-16H2,1-2H3,(H,26,28). The fourth-order valence-electron chi connectivity index (χ4n) is 3.86. The topological polar surface area (TPSA) is 64.4 Å². The largest absolute Gasteiger partial charge is 0.490 e. The molecule has 0 aliphatic heterocycles. The summed E-state index contributed by atoms with van der Waals surface area (Å²) in [6.45, 7) is 4.29. The lowest BCUT2D eigenvalue weighted by atomic mass is 10.1. The lowest BCUT2D eigenvalue weighted by Crippen LogP contribution is -2.24. The third-order valence-corrected chi connectivity index (χ3v) is 6.79. The van der Waals surface area contributed by atoms with Gasteiger partial charge in [-0.25, -0.2) is 0 Å². The van der Waals surface area contributed by atoms with Gasteiger partial charge in [-0.3, -0.25) is 4.79 Å². The van der Waals surface area contributed by atoms with Crippen molar-refractivity contribution < 1.29 is 14.1 Å². The van der Waals surface area contributed by atoms with Gasteiger partial charge in [0.2, 0.25) is 0 Å². The molecular weight excluding hydrogens is 408 g/mol. The van der Waals surface area contributed by atoms with E-state index in [1.807, 2.05) is 62.4 Å². The van der Waals surface area contributed by atoms with Crippen LogP contribution in [0.25, 0.3) is 0 Å². The van der Waals surface area contributed by atoms with E-state index in [-0.39, 0.29) is 5.91 Å². The number of benzene rings is 2. The summed E-state index contributed by atoms with van der Waals surface area (Å²) >= 11 is 1.62. The second kappa shape index (κ2) is 10.1. The molecule has 1 amide bonds. The van der Waals surface area contributed by atoms with Gasteiger partial charge in [0, 0.05) is 28.3 Å². The number of amides is 1. The van der Waals surface area contributed by atoms with Gasteiger partial charge in [-0.1, -0.05) is 35.5 Å². The van der Waals surface area contributed by atoms with Gasteiger partial charge in [0.1, 0.15) is 11.5 Å². The van der Waals surface area contributed by atoms with Crippen LogP contribution in [0.3, 0.4) is 0 Å². The van der Waals surface area contributed by atoms with E-state index in [0.717, 1.165) is 46.1 Å². The van der Waals surface area contributed by atoms with Gasteiger partial charge in [-0.15, -0.1) is 11.8 Å². The molecule has 0 spiro atoms. The van der Waals surface area contributed by atoms with E-state index in [4.69, 9.17) is 9.26 Å². The number of aromatic nitrogens is 1. The van der Waals surface area contributed by atoms with E-state index in [0.29, 0.717) is 24.0 Å². The van der Waals surface area contributed by atoms with Crippen LogP contribution in [0.15, 0.2) is 57.9 Å². The van der Waals surface area contributed by atoms with Crippen molar-refractivity contribution in [3.05, 3.63) is 76.7 Å². The molecule has 0 saturated heterocycles. The van der Waals surface area contributed by atoms with Crippen LogP contribution in [-0.2, 0) is 12.3 Å². The van der Waals surface area contributed by atoms with Crippen LogP contribution in [0.2, 0.25) is 0 Å². The first kappa shape index (κ1) is 21.5. The molecule has 1 aromatic heterocycles. The lowest BCUT2D eigenvalue weighted by molar-refractivity contribution is 0.0947. The molecule has 1 fully saturated rings. The monoisotopic (exact) mass is 436 g/mol. The Balaban J connectivity index is 1.42. The quantitative estimate of drug-likeness (QED) is 0.450. The van der Waals surface area contributed by atoms with E-state index in [9.17, 15) is 4.79 Å². The fourth-order valence-corrected chi connectivity index (χ4v) is 5.06. The maximum absolute atomic E-state index is 13.0. The van der Waals surface area contributed by atoms with Crippen LogP contribution >= 0.6 is 11.8 Å². The fraction of sp³-hybridized carbons (Fsp3) is 0.360. The highest BCUT2D eigenvalue weighted by molar-refractivity contribution is 7.98. The SMILES string of the molecule is Cc1noc(C)c1CSc1ccccc1C(=O)NCc1ccccc1OC1CCCC1. The smallest absolute Gasteiger partial charge is 0.252 e. The molecule has 4 rings (SSSR count). The van der Waals surface area contributed by atoms with Gasteiger partial charge >= 0.3 is 0 Å². The molecule has 1 heterocycles. The average Bonchev–Trinajstić information content (AvgIpc) is 3.41. The van der Waals surface area contributed by atoms with Crippen molar-refractivity contribution in [2.75, 3.05) is 0 Å². The maximum Gasteiger partial charge on any atom is 0.252 e. The highest BCUT2D eigenvalue weighted by Crippen LogP contribution is 2.29. The van der Waals surface area contributed by atoms with Crippen molar-refractivity contribution in [2.24, 2.45) is 0 Å². The van der Waals surface area contributed by atoms with Gasteiger partial charge in [0.05, 0.1) is 17.4 Å². The van der Waals surface area contributed by atoms with Crippen LogP contribution in [-0.4, -0.2) is 17.2 Å². The molecule has 1 aliphatic rings. The number of thioether (sulfide) groups is 1. The van der Waals surface area contributed by atoms with Crippen LogP contribution in [0.4, 0.5) is 0 Å². The van der Waals surface area contributed by atoms with Crippen LogP contribution < -0.4 is 10.1 Å². The molecule has 0 atom stereocenters.